The van der Waals surface area contributed by atoms with Gasteiger partial charge in [-0.1, -0.05) is 48.5 Å². The normalized spacial score (nSPS) is 12.0. The molecule has 0 spiro atoms. The largest absolute Gasteiger partial charge is 0.490 e. The molecule has 0 amide bonds. The van der Waals surface area contributed by atoms with E-state index in [0.29, 0.717) is 31.0 Å². The number of anilines is 1. The third-order valence-electron chi connectivity index (χ3n) is 6.43. The second-order valence-corrected chi connectivity index (χ2v) is 9.17. The summed E-state index contributed by atoms with van der Waals surface area (Å²) >= 11 is 0. The smallest absolute Gasteiger partial charge is 0.165 e. The lowest BCUT2D eigenvalue weighted by Crippen LogP contribution is -2.30. The minimum absolute atomic E-state index is 0.157. The molecule has 0 aliphatic heterocycles. The van der Waals surface area contributed by atoms with Gasteiger partial charge in [-0.15, -0.1) is 0 Å². The van der Waals surface area contributed by atoms with Crippen molar-refractivity contribution in [2.24, 2.45) is 5.73 Å². The second-order valence-electron chi connectivity index (χ2n) is 9.17. The van der Waals surface area contributed by atoms with Crippen molar-refractivity contribution in [3.63, 3.8) is 0 Å². The molecule has 0 aliphatic rings. The van der Waals surface area contributed by atoms with Gasteiger partial charge in [0, 0.05) is 41.4 Å². The number of ether oxygens (including phenoxy) is 1. The molecular formula is C30H27N7O. The topological polar surface area (TPSA) is 115 Å². The number of nitrogens with one attached hydrogen (secondary N) is 2. The Morgan fingerprint density at radius 2 is 1.79 bits per heavy atom. The molecule has 0 saturated heterocycles. The Morgan fingerprint density at radius 1 is 0.921 bits per heavy atom. The molecule has 8 nitrogen and oxygen atoms in total. The van der Waals surface area contributed by atoms with E-state index in [-0.39, 0.29) is 6.04 Å². The number of aromatic amines is 1. The van der Waals surface area contributed by atoms with E-state index in [1.807, 2.05) is 54.7 Å². The molecule has 4 heterocycles. The van der Waals surface area contributed by atoms with Crippen LogP contribution in [0, 0.1) is 0 Å². The van der Waals surface area contributed by atoms with E-state index < -0.39 is 0 Å². The van der Waals surface area contributed by atoms with Crippen LogP contribution in [0.1, 0.15) is 11.1 Å². The fourth-order valence-corrected chi connectivity index (χ4v) is 4.51. The number of aromatic nitrogens is 5. The summed E-state index contributed by atoms with van der Waals surface area (Å²) in [6.45, 7) is 1.04. The number of H-pyrrole nitrogens is 1. The highest BCUT2D eigenvalue weighted by atomic mass is 16.5. The minimum Gasteiger partial charge on any atom is -0.490 e. The van der Waals surface area contributed by atoms with Crippen LogP contribution in [0.25, 0.3) is 33.2 Å². The molecule has 38 heavy (non-hydrogen) atoms. The summed E-state index contributed by atoms with van der Waals surface area (Å²) in [5.74, 6) is 1.39. The number of nitrogens with two attached hydrogens (primary N) is 1. The SMILES string of the molecule is N[C@H](COc1cncc(-c2ccc3c(NCc4ccccc4)ncnc3n2)c1)Cc1c[nH]c2ccccc12. The second kappa shape index (κ2) is 10.7. The van der Waals surface area contributed by atoms with Crippen molar-refractivity contribution in [3.8, 4) is 17.0 Å². The van der Waals surface area contributed by atoms with Crippen LogP contribution in [-0.2, 0) is 13.0 Å². The first kappa shape index (κ1) is 23.6. The third kappa shape index (κ3) is 5.16. The highest BCUT2D eigenvalue weighted by Gasteiger charge is 2.12. The van der Waals surface area contributed by atoms with E-state index in [9.17, 15) is 0 Å². The van der Waals surface area contributed by atoms with Crippen molar-refractivity contribution >= 4 is 27.8 Å². The zero-order valence-corrected chi connectivity index (χ0v) is 20.7. The predicted octanol–water partition coefficient (Wildman–Crippen LogP) is 5.13. The van der Waals surface area contributed by atoms with Gasteiger partial charge in [-0.25, -0.2) is 15.0 Å². The standard InChI is InChI=1S/C30H27N7O/c31-23(12-21-16-33-28-9-5-4-8-25(21)28)18-38-24-13-22(15-32-17-24)27-11-10-26-29(35-19-36-30(26)37-27)34-14-20-6-2-1-3-7-20/h1-11,13,15-17,19,23,33H,12,14,18,31H2,(H,34,35,36,37)/t23-/m0/s1. The maximum atomic E-state index is 6.40. The Balaban J connectivity index is 1.14. The molecule has 8 heteroatoms. The first-order chi connectivity index (χ1) is 18.7. The van der Waals surface area contributed by atoms with Gasteiger partial charge in [-0.2, -0.15) is 0 Å². The average Bonchev–Trinajstić information content (AvgIpc) is 3.38. The number of hydrogen-bond donors (Lipinski definition) is 3. The predicted molar refractivity (Wildman–Crippen MR) is 150 cm³/mol. The van der Waals surface area contributed by atoms with Crippen molar-refractivity contribution in [1.82, 2.24) is 24.9 Å². The summed E-state index contributed by atoms with van der Waals surface area (Å²) in [6.07, 6.45) is 7.71. The third-order valence-corrected chi connectivity index (χ3v) is 6.43. The van der Waals surface area contributed by atoms with Crippen LogP contribution in [0.3, 0.4) is 0 Å². The van der Waals surface area contributed by atoms with Crippen LogP contribution in [0.4, 0.5) is 5.82 Å². The van der Waals surface area contributed by atoms with Crippen LogP contribution in [0.2, 0.25) is 0 Å². The van der Waals surface area contributed by atoms with Gasteiger partial charge in [0.25, 0.3) is 0 Å². The van der Waals surface area contributed by atoms with E-state index in [1.54, 1.807) is 12.4 Å². The van der Waals surface area contributed by atoms with Gasteiger partial charge in [0.05, 0.1) is 17.3 Å². The number of pyridine rings is 2. The molecule has 0 radical (unpaired) electrons. The van der Waals surface area contributed by atoms with Gasteiger partial charge in [0.15, 0.2) is 5.65 Å². The summed E-state index contributed by atoms with van der Waals surface area (Å²) in [5.41, 5.74) is 12.1. The van der Waals surface area contributed by atoms with Gasteiger partial charge in [0.2, 0.25) is 0 Å². The van der Waals surface area contributed by atoms with E-state index in [1.165, 1.54) is 22.8 Å². The van der Waals surface area contributed by atoms with Crippen LogP contribution in [0.15, 0.2) is 97.7 Å². The number of nitrogens with zero attached hydrogens (tertiary/aromatic N) is 4. The summed E-state index contributed by atoms with van der Waals surface area (Å²) < 4.78 is 6.01. The van der Waals surface area contributed by atoms with Crippen molar-refractivity contribution in [1.29, 1.82) is 0 Å². The summed E-state index contributed by atoms with van der Waals surface area (Å²) in [5, 5.41) is 5.44. The number of rotatable bonds is 9. The number of benzene rings is 2. The minimum atomic E-state index is -0.157. The van der Waals surface area contributed by atoms with Crippen molar-refractivity contribution in [2.75, 3.05) is 11.9 Å². The maximum Gasteiger partial charge on any atom is 0.165 e. The van der Waals surface area contributed by atoms with Crippen molar-refractivity contribution < 1.29 is 4.74 Å². The molecular weight excluding hydrogens is 474 g/mol. The molecule has 0 fully saturated rings. The quantitative estimate of drug-likeness (QED) is 0.252. The van der Waals surface area contributed by atoms with E-state index >= 15 is 0 Å². The molecule has 4 aromatic heterocycles. The maximum absolute atomic E-state index is 6.40. The molecule has 0 aliphatic carbocycles. The van der Waals surface area contributed by atoms with Gasteiger partial charge >= 0.3 is 0 Å². The van der Waals surface area contributed by atoms with E-state index in [2.05, 4.69) is 49.5 Å². The lowest BCUT2D eigenvalue weighted by atomic mass is 10.1. The number of para-hydroxylation sites is 1. The molecule has 1 atom stereocenters. The van der Waals surface area contributed by atoms with Crippen LogP contribution in [0.5, 0.6) is 5.75 Å². The summed E-state index contributed by atoms with van der Waals surface area (Å²) in [6, 6.07) is 24.1. The Bertz CT molecular complexity index is 1680. The summed E-state index contributed by atoms with van der Waals surface area (Å²) in [4.78, 5) is 21.2. The molecule has 4 N–H and O–H groups in total. The molecule has 188 valence electrons. The monoisotopic (exact) mass is 501 g/mol. The zero-order chi connectivity index (χ0) is 25.7. The van der Waals surface area contributed by atoms with Crippen molar-refractivity contribution in [2.45, 2.75) is 19.0 Å². The highest BCUT2D eigenvalue weighted by Crippen LogP contribution is 2.26. The lowest BCUT2D eigenvalue weighted by molar-refractivity contribution is 0.287. The van der Waals surface area contributed by atoms with E-state index in [4.69, 9.17) is 15.5 Å². The van der Waals surface area contributed by atoms with Gasteiger partial charge in [-0.3, -0.25) is 4.98 Å². The first-order valence-corrected chi connectivity index (χ1v) is 12.5. The summed E-state index contributed by atoms with van der Waals surface area (Å²) in [7, 11) is 0. The Morgan fingerprint density at radius 3 is 2.71 bits per heavy atom. The fraction of sp³-hybridized carbons (Fsp3) is 0.133. The van der Waals surface area contributed by atoms with Gasteiger partial charge in [0.1, 0.15) is 24.5 Å². The lowest BCUT2D eigenvalue weighted by Gasteiger charge is -2.13. The molecule has 0 bridgehead atoms. The number of hydrogen-bond acceptors (Lipinski definition) is 7. The van der Waals surface area contributed by atoms with E-state index in [0.717, 1.165) is 28.0 Å². The van der Waals surface area contributed by atoms with Crippen molar-refractivity contribution in [3.05, 3.63) is 109 Å². The van der Waals surface area contributed by atoms with Gasteiger partial charge < -0.3 is 20.8 Å². The number of fused-ring (bicyclic) bond motifs is 2. The Kier molecular flexibility index (Phi) is 6.61. The average molecular weight is 502 g/mol. The van der Waals surface area contributed by atoms with Crippen LogP contribution >= 0.6 is 0 Å². The molecule has 0 saturated carbocycles. The van der Waals surface area contributed by atoms with Crippen LogP contribution in [-0.4, -0.2) is 37.6 Å². The van der Waals surface area contributed by atoms with Crippen LogP contribution < -0.4 is 15.8 Å². The molecule has 2 aromatic carbocycles. The first-order valence-electron chi connectivity index (χ1n) is 12.5. The highest BCUT2D eigenvalue weighted by molar-refractivity contribution is 5.88. The zero-order valence-electron chi connectivity index (χ0n) is 20.7. The molecule has 0 unspecified atom stereocenters. The molecule has 6 rings (SSSR count). The fourth-order valence-electron chi connectivity index (χ4n) is 4.51. The molecule has 6 aromatic rings. The van der Waals surface area contributed by atoms with Gasteiger partial charge in [-0.05, 0) is 41.8 Å². The Hall–Kier alpha value is -4.82. The Labute approximate surface area is 220 Å².